The third kappa shape index (κ3) is 3.01. The maximum atomic E-state index is 5.90. The minimum atomic E-state index is 0.0566. The molecule has 0 fully saturated rings. The van der Waals surface area contributed by atoms with Crippen LogP contribution in [0.15, 0.2) is 39.5 Å². The lowest BCUT2D eigenvalue weighted by molar-refractivity contribution is 0.408. The van der Waals surface area contributed by atoms with Crippen molar-refractivity contribution in [2.24, 2.45) is 7.05 Å². The van der Waals surface area contributed by atoms with Crippen molar-refractivity contribution in [3.8, 4) is 0 Å². The zero-order valence-corrected chi connectivity index (χ0v) is 13.8. The Morgan fingerprint density at radius 3 is 2.76 bits per heavy atom. The normalized spacial score (nSPS) is 14.5. The number of nitrogens with zero attached hydrogens (tertiary/aromatic N) is 3. The molecule has 0 spiro atoms. The van der Waals surface area contributed by atoms with E-state index in [1.165, 1.54) is 0 Å². The lowest BCUT2D eigenvalue weighted by Gasteiger charge is -2.15. The van der Waals surface area contributed by atoms with Crippen LogP contribution >= 0.6 is 15.9 Å². The number of hydrogen-bond donors (Lipinski definition) is 1. The molecule has 21 heavy (non-hydrogen) atoms. The molecule has 3 aromatic rings. The summed E-state index contributed by atoms with van der Waals surface area (Å²) < 4.78 is 8.65. The van der Waals surface area contributed by atoms with E-state index in [-0.39, 0.29) is 12.1 Å². The van der Waals surface area contributed by atoms with Crippen LogP contribution in [0.4, 0.5) is 0 Å². The summed E-state index contributed by atoms with van der Waals surface area (Å²) in [6, 6.07) is 8.21. The highest BCUT2D eigenvalue weighted by Gasteiger charge is 2.17. The van der Waals surface area contributed by atoms with Crippen molar-refractivity contribution < 1.29 is 4.42 Å². The fourth-order valence-electron chi connectivity index (χ4n) is 2.33. The summed E-state index contributed by atoms with van der Waals surface area (Å²) in [5.41, 5.74) is 0.894. The van der Waals surface area contributed by atoms with Gasteiger partial charge in [-0.1, -0.05) is 15.9 Å². The first-order chi connectivity index (χ1) is 10.0. The Bertz CT molecular complexity index is 764. The molecule has 1 aromatic carbocycles. The first kappa shape index (κ1) is 14.3. The highest BCUT2D eigenvalue weighted by Crippen LogP contribution is 2.27. The smallest absolute Gasteiger partial charge is 0.167 e. The molecule has 1 N–H and O–H groups in total. The zero-order chi connectivity index (χ0) is 15.0. The summed E-state index contributed by atoms with van der Waals surface area (Å²) in [4.78, 5) is 4.27. The molecule has 0 radical (unpaired) electrons. The third-order valence-electron chi connectivity index (χ3n) is 3.43. The minimum Gasteiger partial charge on any atom is -0.459 e. The Kier molecular flexibility index (Phi) is 3.82. The van der Waals surface area contributed by atoms with Crippen molar-refractivity contribution in [1.82, 2.24) is 20.1 Å². The van der Waals surface area contributed by atoms with Gasteiger partial charge >= 0.3 is 0 Å². The van der Waals surface area contributed by atoms with Crippen LogP contribution in [-0.2, 0) is 7.05 Å². The first-order valence-corrected chi connectivity index (χ1v) is 7.63. The van der Waals surface area contributed by atoms with Crippen LogP contribution in [0, 0.1) is 0 Å². The van der Waals surface area contributed by atoms with Gasteiger partial charge in [0.05, 0.1) is 12.1 Å². The van der Waals surface area contributed by atoms with Gasteiger partial charge in [-0.05, 0) is 38.1 Å². The monoisotopic (exact) mass is 348 g/mol. The lowest BCUT2D eigenvalue weighted by atomic mass is 10.2. The lowest BCUT2D eigenvalue weighted by Crippen LogP contribution is -2.23. The molecule has 0 amide bonds. The van der Waals surface area contributed by atoms with Gasteiger partial charge in [-0.3, -0.25) is 10.00 Å². The highest BCUT2D eigenvalue weighted by atomic mass is 79.9. The van der Waals surface area contributed by atoms with Gasteiger partial charge in [0.25, 0.3) is 0 Å². The Labute approximate surface area is 131 Å². The molecule has 2 atom stereocenters. The predicted octanol–water partition coefficient (Wildman–Crippen LogP) is 3.74. The molecule has 6 heteroatoms. The quantitative estimate of drug-likeness (QED) is 0.780. The molecule has 0 saturated heterocycles. The van der Waals surface area contributed by atoms with Gasteiger partial charge in [0.2, 0.25) is 0 Å². The summed E-state index contributed by atoms with van der Waals surface area (Å²) in [6.07, 6.45) is 1.71. The molecule has 2 unspecified atom stereocenters. The molecule has 0 aliphatic rings. The molecular weight excluding hydrogens is 332 g/mol. The van der Waals surface area contributed by atoms with Crippen LogP contribution in [-0.4, -0.2) is 14.8 Å². The van der Waals surface area contributed by atoms with Gasteiger partial charge in [0.1, 0.15) is 17.7 Å². The van der Waals surface area contributed by atoms with Crippen molar-refractivity contribution in [1.29, 1.82) is 0 Å². The second-order valence-electron chi connectivity index (χ2n) is 5.22. The zero-order valence-electron chi connectivity index (χ0n) is 12.2. The summed E-state index contributed by atoms with van der Waals surface area (Å²) >= 11 is 3.48. The van der Waals surface area contributed by atoms with Crippen molar-refractivity contribution in [2.45, 2.75) is 25.9 Å². The van der Waals surface area contributed by atoms with E-state index in [0.29, 0.717) is 0 Å². The Morgan fingerprint density at radius 1 is 1.24 bits per heavy atom. The Balaban J connectivity index is 1.78. The summed E-state index contributed by atoms with van der Waals surface area (Å²) in [5, 5.41) is 8.87. The van der Waals surface area contributed by atoms with Gasteiger partial charge in [-0.2, -0.15) is 5.10 Å². The van der Waals surface area contributed by atoms with Crippen molar-refractivity contribution in [3.05, 3.63) is 46.7 Å². The number of hydrogen-bond acceptors (Lipinski definition) is 4. The van der Waals surface area contributed by atoms with Crippen LogP contribution < -0.4 is 5.32 Å². The van der Waals surface area contributed by atoms with Crippen molar-refractivity contribution in [2.75, 3.05) is 0 Å². The fraction of sp³-hybridized carbons (Fsp3) is 0.333. The van der Waals surface area contributed by atoms with E-state index >= 15 is 0 Å². The second kappa shape index (κ2) is 5.61. The Morgan fingerprint density at radius 2 is 2.05 bits per heavy atom. The fourth-order valence-corrected chi connectivity index (χ4v) is 2.71. The largest absolute Gasteiger partial charge is 0.459 e. The van der Waals surface area contributed by atoms with E-state index in [9.17, 15) is 0 Å². The first-order valence-electron chi connectivity index (χ1n) is 6.83. The minimum absolute atomic E-state index is 0.0566. The summed E-state index contributed by atoms with van der Waals surface area (Å²) in [7, 11) is 1.86. The van der Waals surface area contributed by atoms with E-state index < -0.39 is 0 Å². The van der Waals surface area contributed by atoms with Gasteiger partial charge in [0.15, 0.2) is 5.82 Å². The number of halogens is 1. The van der Waals surface area contributed by atoms with Crippen molar-refractivity contribution >= 4 is 26.9 Å². The van der Waals surface area contributed by atoms with E-state index in [0.717, 1.165) is 27.0 Å². The van der Waals surface area contributed by atoms with E-state index in [4.69, 9.17) is 4.42 Å². The number of fused-ring (bicyclic) bond motifs is 1. The molecule has 0 aliphatic heterocycles. The number of nitrogens with one attached hydrogen (secondary N) is 1. The summed E-state index contributed by atoms with van der Waals surface area (Å²) in [5.74, 6) is 1.69. The molecule has 2 aromatic heterocycles. The average molecular weight is 349 g/mol. The maximum Gasteiger partial charge on any atom is 0.167 e. The number of aromatic nitrogens is 3. The number of benzene rings is 1. The maximum absolute atomic E-state index is 5.90. The van der Waals surface area contributed by atoms with Gasteiger partial charge in [-0.25, -0.2) is 4.98 Å². The standard InChI is InChI=1S/C15H17BrN4O/c1-9(18-10(2)15-17-8-20(3)19-15)14-7-11-6-12(16)4-5-13(11)21-14/h4-10,18H,1-3H3. The van der Waals surface area contributed by atoms with Gasteiger partial charge in [0, 0.05) is 16.9 Å². The SMILES string of the molecule is CC(NC(C)c1cc2cc(Br)ccc2o1)c1ncn(C)n1. The number of aryl methyl sites for hydroxylation is 1. The summed E-state index contributed by atoms with van der Waals surface area (Å²) in [6.45, 7) is 4.12. The van der Waals surface area contributed by atoms with Crippen molar-refractivity contribution in [3.63, 3.8) is 0 Å². The van der Waals surface area contributed by atoms with Crippen LogP contribution in [0.2, 0.25) is 0 Å². The van der Waals surface area contributed by atoms with Gasteiger partial charge < -0.3 is 4.42 Å². The van der Waals surface area contributed by atoms with Crippen LogP contribution in [0.3, 0.4) is 0 Å². The van der Waals surface area contributed by atoms with Gasteiger partial charge in [-0.15, -0.1) is 0 Å². The van der Waals surface area contributed by atoms with Crippen LogP contribution in [0.1, 0.15) is 37.5 Å². The number of furan rings is 1. The van der Waals surface area contributed by atoms with Crippen LogP contribution in [0.25, 0.3) is 11.0 Å². The molecule has 110 valence electrons. The van der Waals surface area contributed by atoms with Crippen LogP contribution in [0.5, 0.6) is 0 Å². The molecule has 5 nitrogen and oxygen atoms in total. The van der Waals surface area contributed by atoms with E-state index in [1.807, 2.05) is 26.1 Å². The molecule has 0 saturated carbocycles. The predicted molar refractivity (Wildman–Crippen MR) is 84.9 cm³/mol. The topological polar surface area (TPSA) is 55.9 Å². The average Bonchev–Trinajstić information content (AvgIpc) is 3.04. The third-order valence-corrected chi connectivity index (χ3v) is 3.92. The second-order valence-corrected chi connectivity index (χ2v) is 6.13. The van der Waals surface area contributed by atoms with E-state index in [2.05, 4.69) is 50.4 Å². The molecule has 3 rings (SSSR count). The molecule has 0 bridgehead atoms. The highest BCUT2D eigenvalue weighted by molar-refractivity contribution is 9.10. The molecule has 2 heterocycles. The van der Waals surface area contributed by atoms with E-state index in [1.54, 1.807) is 11.0 Å². The molecule has 0 aliphatic carbocycles. The Hall–Kier alpha value is -1.66. The number of rotatable bonds is 4. The molecular formula is C15H17BrN4O.